The molecule has 2 atom stereocenters. The number of aromatic nitrogens is 1. The highest BCUT2D eigenvalue weighted by Crippen LogP contribution is 2.23. The number of nitrogens with two attached hydrogens (primary N) is 1. The van der Waals surface area contributed by atoms with E-state index in [1.165, 1.54) is 0 Å². The van der Waals surface area contributed by atoms with Gasteiger partial charge >= 0.3 is 0 Å². The number of halogens is 1. The van der Waals surface area contributed by atoms with Gasteiger partial charge < -0.3 is 30.0 Å². The van der Waals surface area contributed by atoms with Crippen LogP contribution in [0.15, 0.2) is 30.5 Å². The minimum absolute atomic E-state index is 0. The minimum atomic E-state index is -0.444. The molecule has 1 aromatic carbocycles. The van der Waals surface area contributed by atoms with E-state index in [2.05, 4.69) is 5.32 Å². The lowest BCUT2D eigenvalue weighted by molar-refractivity contribution is -0.135. The Morgan fingerprint density at radius 2 is 1.97 bits per heavy atom. The Hall–Kier alpha value is -2.13. The van der Waals surface area contributed by atoms with Crippen molar-refractivity contribution in [2.75, 3.05) is 38.2 Å². The predicted octanol–water partition coefficient (Wildman–Crippen LogP) is 1.37. The van der Waals surface area contributed by atoms with E-state index >= 15 is 0 Å². The first-order valence-electron chi connectivity index (χ1n) is 9.75. The molecule has 2 amide bonds. The van der Waals surface area contributed by atoms with Gasteiger partial charge in [0.25, 0.3) is 5.91 Å². The number of nitrogens with one attached hydrogen (secondary N) is 1. The number of fused-ring (bicyclic) bond motifs is 1. The third-order valence-electron chi connectivity index (χ3n) is 5.37. The number of hydrogen-bond donors (Lipinski definition) is 2. The highest BCUT2D eigenvalue weighted by atomic mass is 35.5. The van der Waals surface area contributed by atoms with Gasteiger partial charge in [-0.1, -0.05) is 0 Å². The van der Waals surface area contributed by atoms with E-state index in [1.807, 2.05) is 39.9 Å². The molecule has 2 aliphatic heterocycles. The smallest absolute Gasteiger partial charge is 0.253 e. The lowest BCUT2D eigenvalue weighted by atomic mass is 10.2. The number of benzene rings is 1. The van der Waals surface area contributed by atoms with Crippen LogP contribution in [0, 0.1) is 0 Å². The highest BCUT2D eigenvalue weighted by Gasteiger charge is 2.29. The third kappa shape index (κ3) is 4.90. The molecular formula is C20H27ClN4O4. The van der Waals surface area contributed by atoms with Gasteiger partial charge in [-0.2, -0.15) is 0 Å². The summed E-state index contributed by atoms with van der Waals surface area (Å²) in [7, 11) is 0. The van der Waals surface area contributed by atoms with E-state index in [4.69, 9.17) is 15.2 Å². The van der Waals surface area contributed by atoms with Gasteiger partial charge in [-0.25, -0.2) is 0 Å². The van der Waals surface area contributed by atoms with Crippen LogP contribution in [-0.4, -0.2) is 66.3 Å². The first-order valence-corrected chi connectivity index (χ1v) is 9.75. The molecule has 1 aromatic heterocycles. The van der Waals surface area contributed by atoms with Crippen LogP contribution < -0.4 is 11.1 Å². The van der Waals surface area contributed by atoms with Crippen molar-refractivity contribution in [3.8, 4) is 0 Å². The predicted molar refractivity (Wildman–Crippen MR) is 112 cm³/mol. The van der Waals surface area contributed by atoms with E-state index in [0.717, 1.165) is 23.0 Å². The topological polar surface area (TPSA) is 98.8 Å². The van der Waals surface area contributed by atoms with Gasteiger partial charge in [0, 0.05) is 42.4 Å². The van der Waals surface area contributed by atoms with Gasteiger partial charge in [-0.3, -0.25) is 9.59 Å². The second kappa shape index (κ2) is 9.58. The zero-order valence-corrected chi connectivity index (χ0v) is 17.0. The molecule has 2 saturated heterocycles. The van der Waals surface area contributed by atoms with Crippen molar-refractivity contribution in [2.45, 2.75) is 31.6 Å². The molecule has 0 spiro atoms. The monoisotopic (exact) mass is 422 g/mol. The Balaban J connectivity index is 0.00000240. The molecule has 158 valence electrons. The van der Waals surface area contributed by atoms with Gasteiger partial charge in [0.1, 0.15) is 12.6 Å². The molecule has 0 unspecified atom stereocenters. The normalized spacial score (nSPS) is 21.8. The van der Waals surface area contributed by atoms with Crippen molar-refractivity contribution in [3.63, 3.8) is 0 Å². The summed E-state index contributed by atoms with van der Waals surface area (Å²) in [5, 5.41) is 3.89. The summed E-state index contributed by atoms with van der Waals surface area (Å²) in [6.07, 6.45) is 2.93. The molecule has 2 aliphatic rings. The van der Waals surface area contributed by atoms with Gasteiger partial charge in [0.15, 0.2) is 0 Å². The fourth-order valence-electron chi connectivity index (χ4n) is 3.77. The number of ether oxygens (including phenoxy) is 2. The van der Waals surface area contributed by atoms with E-state index in [9.17, 15) is 9.59 Å². The van der Waals surface area contributed by atoms with E-state index in [0.29, 0.717) is 45.8 Å². The number of anilines is 1. The van der Waals surface area contributed by atoms with Crippen LogP contribution in [0.1, 0.15) is 12.8 Å². The maximum absolute atomic E-state index is 12.5. The van der Waals surface area contributed by atoms with Gasteiger partial charge in [-0.15, -0.1) is 12.4 Å². The van der Waals surface area contributed by atoms with Crippen LogP contribution >= 0.6 is 12.4 Å². The zero-order chi connectivity index (χ0) is 19.5. The van der Waals surface area contributed by atoms with Crippen LogP contribution in [0.3, 0.4) is 0 Å². The van der Waals surface area contributed by atoms with Crippen LogP contribution in [0.2, 0.25) is 0 Å². The number of amides is 2. The standard InChI is InChI=1S/C20H26N4O4.ClH/c21-12-16-2-4-18(28-16)20(26)22-15-1-3-17-14(11-15)5-6-24(17)13-19(25)23-7-9-27-10-8-23;/h1,3,5-6,11,16,18H,2,4,7-10,12-13,21H2,(H,22,26);1H/t16-,18+;/m1./s1. The number of carbonyl (C=O) groups is 2. The number of carbonyl (C=O) groups excluding carboxylic acids is 2. The van der Waals surface area contributed by atoms with Crippen LogP contribution in [0.25, 0.3) is 10.9 Å². The summed E-state index contributed by atoms with van der Waals surface area (Å²) >= 11 is 0. The van der Waals surface area contributed by atoms with Crippen LogP contribution in [0.4, 0.5) is 5.69 Å². The van der Waals surface area contributed by atoms with Gasteiger partial charge in [0.05, 0.1) is 19.3 Å². The summed E-state index contributed by atoms with van der Waals surface area (Å²) < 4.78 is 12.9. The summed E-state index contributed by atoms with van der Waals surface area (Å²) in [4.78, 5) is 26.7. The lowest BCUT2D eigenvalue weighted by Gasteiger charge is -2.27. The Kier molecular flexibility index (Phi) is 7.13. The first-order chi connectivity index (χ1) is 13.6. The molecule has 29 heavy (non-hydrogen) atoms. The Morgan fingerprint density at radius 1 is 1.17 bits per heavy atom. The quantitative estimate of drug-likeness (QED) is 0.758. The molecule has 0 bridgehead atoms. The fourth-order valence-corrected chi connectivity index (χ4v) is 3.77. The van der Waals surface area contributed by atoms with Crippen molar-refractivity contribution >= 4 is 40.8 Å². The molecule has 2 fully saturated rings. The summed E-state index contributed by atoms with van der Waals surface area (Å²) in [6.45, 7) is 3.21. The van der Waals surface area contributed by atoms with Gasteiger partial charge in [-0.05, 0) is 37.1 Å². The van der Waals surface area contributed by atoms with Crippen molar-refractivity contribution in [2.24, 2.45) is 5.73 Å². The molecule has 2 aromatic rings. The molecule has 4 rings (SSSR count). The molecule has 8 nitrogen and oxygen atoms in total. The average Bonchev–Trinajstić information content (AvgIpc) is 3.36. The zero-order valence-electron chi connectivity index (χ0n) is 16.2. The van der Waals surface area contributed by atoms with E-state index in [-0.39, 0.29) is 30.3 Å². The Labute approximate surface area is 175 Å². The summed E-state index contributed by atoms with van der Waals surface area (Å²) in [6, 6.07) is 7.65. The number of rotatable bonds is 5. The first kappa shape index (κ1) is 21.6. The van der Waals surface area contributed by atoms with Crippen molar-refractivity contribution in [1.82, 2.24) is 9.47 Å². The Bertz CT molecular complexity index is 865. The van der Waals surface area contributed by atoms with E-state index in [1.54, 1.807) is 0 Å². The number of morpholine rings is 1. The Morgan fingerprint density at radius 3 is 2.69 bits per heavy atom. The average molecular weight is 423 g/mol. The second-order valence-corrected chi connectivity index (χ2v) is 7.26. The maximum atomic E-state index is 12.5. The summed E-state index contributed by atoms with van der Waals surface area (Å²) in [5.74, 6) is -0.0525. The molecule has 3 heterocycles. The fraction of sp³-hybridized carbons (Fsp3) is 0.500. The maximum Gasteiger partial charge on any atom is 0.253 e. The molecule has 0 saturated carbocycles. The number of hydrogen-bond acceptors (Lipinski definition) is 5. The van der Waals surface area contributed by atoms with Crippen LogP contribution in [0.5, 0.6) is 0 Å². The third-order valence-corrected chi connectivity index (χ3v) is 5.37. The molecule has 0 radical (unpaired) electrons. The summed E-state index contributed by atoms with van der Waals surface area (Å²) in [5.41, 5.74) is 7.28. The van der Waals surface area contributed by atoms with Crippen LogP contribution in [-0.2, 0) is 25.6 Å². The second-order valence-electron chi connectivity index (χ2n) is 7.26. The van der Waals surface area contributed by atoms with Crippen molar-refractivity contribution < 1.29 is 19.1 Å². The molecule has 3 N–H and O–H groups in total. The molecular weight excluding hydrogens is 396 g/mol. The molecule has 0 aliphatic carbocycles. The number of nitrogens with zero attached hydrogens (tertiary/aromatic N) is 2. The van der Waals surface area contributed by atoms with E-state index < -0.39 is 6.10 Å². The minimum Gasteiger partial charge on any atom is -0.378 e. The molecule has 9 heteroatoms. The highest BCUT2D eigenvalue weighted by molar-refractivity contribution is 5.96. The largest absolute Gasteiger partial charge is 0.378 e. The SMILES string of the molecule is Cl.NC[C@H]1CC[C@@H](C(=O)Nc2ccc3c(ccn3CC(=O)N3CCOCC3)c2)O1. The van der Waals surface area contributed by atoms with Crippen molar-refractivity contribution in [1.29, 1.82) is 0 Å². The van der Waals surface area contributed by atoms with Gasteiger partial charge in [0.2, 0.25) is 5.91 Å². The lowest BCUT2D eigenvalue weighted by Crippen LogP contribution is -2.42. The van der Waals surface area contributed by atoms with Crippen molar-refractivity contribution in [3.05, 3.63) is 30.5 Å².